The second-order valence-corrected chi connectivity index (χ2v) is 3.82. The van der Waals surface area contributed by atoms with Crippen molar-refractivity contribution >= 4 is 11.7 Å². The van der Waals surface area contributed by atoms with Gasteiger partial charge < -0.3 is 15.2 Å². The van der Waals surface area contributed by atoms with Crippen molar-refractivity contribution in [2.45, 2.75) is 26.3 Å². The number of carboxylic acids is 1. The molecule has 0 saturated heterocycles. The maximum absolute atomic E-state index is 10.5. The highest BCUT2D eigenvalue weighted by Gasteiger charge is 2.08. The number of carbonyl (C=O) groups is 1. The summed E-state index contributed by atoms with van der Waals surface area (Å²) in [4.78, 5) is 10.5. The van der Waals surface area contributed by atoms with Crippen LogP contribution in [0.1, 0.15) is 18.9 Å². The van der Waals surface area contributed by atoms with Crippen LogP contribution in [0.25, 0.3) is 0 Å². The minimum Gasteiger partial charge on any atom is -0.497 e. The number of carboxylic acid groups (broad SMARTS) is 1. The van der Waals surface area contributed by atoms with E-state index in [1.807, 2.05) is 32.0 Å². The van der Waals surface area contributed by atoms with Crippen LogP contribution < -0.4 is 10.1 Å². The summed E-state index contributed by atoms with van der Waals surface area (Å²) in [7, 11) is 1.62. The number of anilines is 1. The van der Waals surface area contributed by atoms with Crippen LogP contribution in [-0.2, 0) is 4.79 Å². The number of hydrogen-bond donors (Lipinski definition) is 2. The Hall–Kier alpha value is -1.71. The normalized spacial score (nSPS) is 11.9. The Labute approximate surface area is 95.2 Å². The molecule has 0 radical (unpaired) electrons. The molecule has 4 heteroatoms. The largest absolute Gasteiger partial charge is 0.497 e. The Morgan fingerprint density at radius 1 is 1.56 bits per heavy atom. The second kappa shape index (κ2) is 5.39. The molecule has 4 nitrogen and oxygen atoms in total. The molecule has 1 unspecified atom stereocenters. The minimum absolute atomic E-state index is 0.0930. The summed E-state index contributed by atoms with van der Waals surface area (Å²) in [5, 5.41) is 11.8. The Bertz CT molecular complexity index is 377. The number of ether oxygens (including phenoxy) is 1. The van der Waals surface area contributed by atoms with Gasteiger partial charge in [0, 0.05) is 11.7 Å². The molecule has 0 aliphatic heterocycles. The first kappa shape index (κ1) is 12.4. The number of methoxy groups -OCH3 is 1. The lowest BCUT2D eigenvalue weighted by molar-refractivity contribution is -0.137. The van der Waals surface area contributed by atoms with Gasteiger partial charge in [0.25, 0.3) is 0 Å². The molecule has 0 aliphatic rings. The second-order valence-electron chi connectivity index (χ2n) is 3.82. The number of benzene rings is 1. The summed E-state index contributed by atoms with van der Waals surface area (Å²) in [5.41, 5.74) is 1.98. The van der Waals surface area contributed by atoms with Gasteiger partial charge in [0.15, 0.2) is 0 Å². The zero-order chi connectivity index (χ0) is 12.1. The summed E-state index contributed by atoms with van der Waals surface area (Å²) < 4.78 is 5.10. The Balaban J connectivity index is 2.70. The van der Waals surface area contributed by atoms with Crippen LogP contribution in [0, 0.1) is 6.92 Å². The fourth-order valence-corrected chi connectivity index (χ4v) is 1.50. The van der Waals surface area contributed by atoms with Crippen molar-refractivity contribution < 1.29 is 14.6 Å². The van der Waals surface area contributed by atoms with Crippen LogP contribution >= 0.6 is 0 Å². The number of rotatable bonds is 5. The molecule has 0 saturated carbocycles. The molecule has 88 valence electrons. The number of aliphatic carboxylic acids is 1. The number of aryl methyl sites for hydroxylation is 1. The maximum atomic E-state index is 10.5. The van der Waals surface area contributed by atoms with Crippen LogP contribution in [0.2, 0.25) is 0 Å². The van der Waals surface area contributed by atoms with Crippen molar-refractivity contribution in [1.29, 1.82) is 0 Å². The van der Waals surface area contributed by atoms with Gasteiger partial charge in [0.05, 0.1) is 13.5 Å². The number of hydrogen-bond acceptors (Lipinski definition) is 3. The van der Waals surface area contributed by atoms with E-state index in [2.05, 4.69) is 5.32 Å². The topological polar surface area (TPSA) is 58.6 Å². The third kappa shape index (κ3) is 3.46. The highest BCUT2D eigenvalue weighted by molar-refractivity contribution is 5.68. The van der Waals surface area contributed by atoms with E-state index in [-0.39, 0.29) is 12.5 Å². The van der Waals surface area contributed by atoms with Gasteiger partial charge >= 0.3 is 5.97 Å². The van der Waals surface area contributed by atoms with E-state index in [1.54, 1.807) is 7.11 Å². The fraction of sp³-hybridized carbons (Fsp3) is 0.417. The van der Waals surface area contributed by atoms with Crippen LogP contribution in [0.5, 0.6) is 5.75 Å². The van der Waals surface area contributed by atoms with Gasteiger partial charge in [-0.1, -0.05) is 0 Å². The van der Waals surface area contributed by atoms with E-state index in [1.165, 1.54) is 0 Å². The zero-order valence-corrected chi connectivity index (χ0v) is 9.78. The molecule has 0 spiro atoms. The molecule has 2 N–H and O–H groups in total. The summed E-state index contributed by atoms with van der Waals surface area (Å²) in [5.74, 6) is 0.0000948. The van der Waals surface area contributed by atoms with Crippen molar-refractivity contribution in [2.24, 2.45) is 0 Å². The van der Waals surface area contributed by atoms with Crippen molar-refractivity contribution in [3.05, 3.63) is 23.8 Å². The molecule has 1 aromatic carbocycles. The molecule has 16 heavy (non-hydrogen) atoms. The van der Waals surface area contributed by atoms with E-state index < -0.39 is 5.97 Å². The SMILES string of the molecule is COc1ccc(NC(C)CC(=O)O)c(C)c1. The monoisotopic (exact) mass is 223 g/mol. The summed E-state index contributed by atoms with van der Waals surface area (Å²) in [6.07, 6.45) is 0.103. The average molecular weight is 223 g/mol. The first-order chi connectivity index (χ1) is 7.52. The molecule has 1 aromatic rings. The van der Waals surface area contributed by atoms with Crippen LogP contribution in [-0.4, -0.2) is 24.2 Å². The molecular formula is C12H17NO3. The van der Waals surface area contributed by atoms with Crippen LogP contribution in [0.4, 0.5) is 5.69 Å². The average Bonchev–Trinajstić information content (AvgIpc) is 2.19. The Morgan fingerprint density at radius 3 is 2.75 bits per heavy atom. The standard InChI is InChI=1S/C12H17NO3/c1-8-6-10(16-3)4-5-11(8)13-9(2)7-12(14)15/h4-6,9,13H,7H2,1-3H3,(H,14,15). The van der Waals surface area contributed by atoms with Gasteiger partial charge in [0.1, 0.15) is 5.75 Å². The number of nitrogens with one attached hydrogen (secondary N) is 1. The quantitative estimate of drug-likeness (QED) is 0.804. The predicted octanol–water partition coefficient (Wildman–Crippen LogP) is 2.28. The van der Waals surface area contributed by atoms with E-state index in [0.29, 0.717) is 0 Å². The van der Waals surface area contributed by atoms with Gasteiger partial charge in [0.2, 0.25) is 0 Å². The van der Waals surface area contributed by atoms with Crippen molar-refractivity contribution in [3.8, 4) is 5.75 Å². The third-order valence-corrected chi connectivity index (χ3v) is 2.32. The summed E-state index contributed by atoms with van der Waals surface area (Å²) >= 11 is 0. The molecule has 0 aromatic heterocycles. The van der Waals surface area contributed by atoms with Gasteiger partial charge in [-0.05, 0) is 37.6 Å². The Morgan fingerprint density at radius 2 is 2.25 bits per heavy atom. The molecule has 0 fully saturated rings. The lowest BCUT2D eigenvalue weighted by Gasteiger charge is -2.15. The van der Waals surface area contributed by atoms with Crippen LogP contribution in [0.3, 0.4) is 0 Å². The van der Waals surface area contributed by atoms with Crippen LogP contribution in [0.15, 0.2) is 18.2 Å². The molecule has 1 atom stereocenters. The summed E-state index contributed by atoms with van der Waals surface area (Å²) in [6.45, 7) is 3.80. The predicted molar refractivity (Wildman–Crippen MR) is 63.1 cm³/mol. The smallest absolute Gasteiger partial charge is 0.305 e. The van der Waals surface area contributed by atoms with Gasteiger partial charge in [-0.15, -0.1) is 0 Å². The fourth-order valence-electron chi connectivity index (χ4n) is 1.50. The molecule has 0 bridgehead atoms. The van der Waals surface area contributed by atoms with Crippen molar-refractivity contribution in [3.63, 3.8) is 0 Å². The first-order valence-electron chi connectivity index (χ1n) is 5.16. The lowest BCUT2D eigenvalue weighted by atomic mass is 10.1. The van der Waals surface area contributed by atoms with Gasteiger partial charge in [-0.25, -0.2) is 0 Å². The molecule has 0 heterocycles. The van der Waals surface area contributed by atoms with E-state index >= 15 is 0 Å². The van der Waals surface area contributed by atoms with Crippen molar-refractivity contribution in [1.82, 2.24) is 0 Å². The van der Waals surface area contributed by atoms with E-state index in [0.717, 1.165) is 17.0 Å². The van der Waals surface area contributed by atoms with Crippen molar-refractivity contribution in [2.75, 3.05) is 12.4 Å². The minimum atomic E-state index is -0.800. The molecule has 1 rings (SSSR count). The van der Waals surface area contributed by atoms with Gasteiger partial charge in [-0.2, -0.15) is 0 Å². The highest BCUT2D eigenvalue weighted by Crippen LogP contribution is 2.21. The van der Waals surface area contributed by atoms with E-state index in [9.17, 15) is 4.79 Å². The third-order valence-electron chi connectivity index (χ3n) is 2.32. The maximum Gasteiger partial charge on any atom is 0.305 e. The van der Waals surface area contributed by atoms with Gasteiger partial charge in [-0.3, -0.25) is 4.79 Å². The summed E-state index contributed by atoms with van der Waals surface area (Å²) in [6, 6.07) is 5.56. The zero-order valence-electron chi connectivity index (χ0n) is 9.78. The first-order valence-corrected chi connectivity index (χ1v) is 5.16. The highest BCUT2D eigenvalue weighted by atomic mass is 16.5. The molecule has 0 aliphatic carbocycles. The molecular weight excluding hydrogens is 206 g/mol. The lowest BCUT2D eigenvalue weighted by Crippen LogP contribution is -2.19. The Kier molecular flexibility index (Phi) is 4.17. The van der Waals surface area contributed by atoms with E-state index in [4.69, 9.17) is 9.84 Å². The molecule has 0 amide bonds.